The molecule has 0 saturated carbocycles. The maximum Gasteiger partial charge on any atom is 0.323 e. The normalized spacial score (nSPS) is 16.4. The Labute approximate surface area is 154 Å². The number of aryl methyl sites for hydroxylation is 2. The molecule has 7 nitrogen and oxygen atoms in total. The van der Waals surface area contributed by atoms with Gasteiger partial charge in [-0.05, 0) is 45.2 Å². The van der Waals surface area contributed by atoms with Crippen LogP contribution in [0.2, 0.25) is 0 Å². The number of piperidine rings is 1. The maximum atomic E-state index is 13.0. The molecule has 0 spiro atoms. The quantitative estimate of drug-likeness (QED) is 0.807. The molecule has 0 bridgehead atoms. The van der Waals surface area contributed by atoms with Gasteiger partial charge in [0.05, 0.1) is 5.75 Å². The van der Waals surface area contributed by atoms with Crippen LogP contribution < -0.4 is 0 Å². The van der Waals surface area contributed by atoms with Crippen molar-refractivity contribution >= 4 is 21.9 Å². The van der Waals surface area contributed by atoms with Crippen molar-refractivity contribution in [2.45, 2.75) is 39.7 Å². The molecule has 1 N–H and O–H groups in total. The Morgan fingerprint density at radius 2 is 1.85 bits per heavy atom. The minimum Gasteiger partial charge on any atom is -0.480 e. The molecule has 144 valence electrons. The molecule has 0 radical (unpaired) electrons. The van der Waals surface area contributed by atoms with E-state index >= 15 is 0 Å². The summed E-state index contributed by atoms with van der Waals surface area (Å²) in [7, 11) is -3.26. The minimum atomic E-state index is -3.26. The second-order valence-corrected chi connectivity index (χ2v) is 8.93. The standard InChI is InChI=1S/C18H26N2O5S/c1-4-26(24,25)19-9-7-15(8-10-19)20(12-17(21)22)18(23)16-11-13(2)5-6-14(16)3/h5-6,11,15H,4,7-10,12H2,1-3H3,(H,21,22). The van der Waals surface area contributed by atoms with Crippen molar-refractivity contribution in [3.63, 3.8) is 0 Å². The van der Waals surface area contributed by atoms with Crippen molar-refractivity contribution in [1.29, 1.82) is 0 Å². The summed E-state index contributed by atoms with van der Waals surface area (Å²) in [6.07, 6.45) is 0.867. The second-order valence-electron chi connectivity index (χ2n) is 6.68. The SMILES string of the molecule is CCS(=O)(=O)N1CCC(N(CC(=O)O)C(=O)c2cc(C)ccc2C)CC1. The van der Waals surface area contributed by atoms with Crippen LogP contribution in [-0.2, 0) is 14.8 Å². The van der Waals surface area contributed by atoms with E-state index in [0.29, 0.717) is 31.5 Å². The van der Waals surface area contributed by atoms with Gasteiger partial charge in [0, 0.05) is 24.7 Å². The van der Waals surface area contributed by atoms with Gasteiger partial charge in [0.1, 0.15) is 6.54 Å². The molecule has 0 unspecified atom stereocenters. The summed E-state index contributed by atoms with van der Waals surface area (Å²) in [5.41, 5.74) is 2.22. The molecular formula is C18H26N2O5S. The van der Waals surface area contributed by atoms with Crippen LogP contribution in [0.3, 0.4) is 0 Å². The Morgan fingerprint density at radius 3 is 2.38 bits per heavy atom. The van der Waals surface area contributed by atoms with Gasteiger partial charge in [-0.3, -0.25) is 9.59 Å². The van der Waals surface area contributed by atoms with Gasteiger partial charge in [-0.1, -0.05) is 17.7 Å². The highest BCUT2D eigenvalue weighted by atomic mass is 32.2. The maximum absolute atomic E-state index is 13.0. The van der Waals surface area contributed by atoms with Crippen LogP contribution in [0.25, 0.3) is 0 Å². The zero-order valence-electron chi connectivity index (χ0n) is 15.4. The zero-order valence-corrected chi connectivity index (χ0v) is 16.3. The van der Waals surface area contributed by atoms with Gasteiger partial charge in [-0.25, -0.2) is 12.7 Å². The topological polar surface area (TPSA) is 95.0 Å². The van der Waals surface area contributed by atoms with E-state index in [9.17, 15) is 23.1 Å². The number of sulfonamides is 1. The molecule has 2 rings (SSSR count). The number of carbonyl (C=O) groups excluding carboxylic acids is 1. The molecule has 1 aliphatic heterocycles. The van der Waals surface area contributed by atoms with Crippen LogP contribution in [0.1, 0.15) is 41.3 Å². The highest BCUT2D eigenvalue weighted by molar-refractivity contribution is 7.89. The fraction of sp³-hybridized carbons (Fsp3) is 0.556. The Morgan fingerprint density at radius 1 is 1.23 bits per heavy atom. The number of hydrogen-bond donors (Lipinski definition) is 1. The summed E-state index contributed by atoms with van der Waals surface area (Å²) in [6.45, 7) is 5.52. The first-order valence-corrected chi connectivity index (χ1v) is 10.3. The van der Waals surface area contributed by atoms with Gasteiger partial charge in [0.2, 0.25) is 10.0 Å². The average molecular weight is 382 g/mol. The Kier molecular flexibility index (Phi) is 6.41. The number of rotatable bonds is 6. The largest absolute Gasteiger partial charge is 0.480 e. The summed E-state index contributed by atoms with van der Waals surface area (Å²) >= 11 is 0. The molecule has 0 aliphatic carbocycles. The Hall–Kier alpha value is -1.93. The lowest BCUT2D eigenvalue weighted by molar-refractivity contribution is -0.138. The fourth-order valence-electron chi connectivity index (χ4n) is 3.25. The van der Waals surface area contributed by atoms with E-state index in [1.165, 1.54) is 9.21 Å². The molecule has 1 aromatic rings. The van der Waals surface area contributed by atoms with Gasteiger partial charge < -0.3 is 10.0 Å². The summed E-state index contributed by atoms with van der Waals surface area (Å²) < 4.78 is 25.4. The second kappa shape index (κ2) is 8.18. The third-order valence-corrected chi connectivity index (χ3v) is 6.69. The van der Waals surface area contributed by atoms with Crippen LogP contribution in [0, 0.1) is 13.8 Å². The number of carboxylic acid groups (broad SMARTS) is 1. The number of carbonyl (C=O) groups is 2. The molecule has 1 fully saturated rings. The van der Waals surface area contributed by atoms with Gasteiger partial charge in [-0.2, -0.15) is 0 Å². The summed E-state index contributed by atoms with van der Waals surface area (Å²) in [5.74, 6) is -1.35. The number of amides is 1. The van der Waals surface area contributed by atoms with Crippen molar-refractivity contribution in [3.8, 4) is 0 Å². The van der Waals surface area contributed by atoms with E-state index in [2.05, 4.69) is 0 Å². The van der Waals surface area contributed by atoms with Crippen molar-refractivity contribution in [2.24, 2.45) is 0 Å². The van der Waals surface area contributed by atoms with Gasteiger partial charge in [0.25, 0.3) is 5.91 Å². The first-order chi connectivity index (χ1) is 12.2. The van der Waals surface area contributed by atoms with Gasteiger partial charge >= 0.3 is 5.97 Å². The summed E-state index contributed by atoms with van der Waals surface area (Å²) in [5, 5.41) is 9.25. The number of benzene rings is 1. The van der Waals surface area contributed by atoms with Gasteiger partial charge in [0.15, 0.2) is 0 Å². The number of carboxylic acids is 1. The lowest BCUT2D eigenvalue weighted by Gasteiger charge is -2.37. The predicted octanol–water partition coefficient (Wildman–Crippen LogP) is 1.64. The monoisotopic (exact) mass is 382 g/mol. The average Bonchev–Trinajstić information content (AvgIpc) is 2.61. The molecule has 0 atom stereocenters. The predicted molar refractivity (Wildman–Crippen MR) is 98.6 cm³/mol. The summed E-state index contributed by atoms with van der Waals surface area (Å²) in [6, 6.07) is 5.23. The first-order valence-electron chi connectivity index (χ1n) is 8.73. The lowest BCUT2D eigenvalue weighted by Crippen LogP contribution is -2.50. The third kappa shape index (κ3) is 4.62. The highest BCUT2D eigenvalue weighted by Crippen LogP contribution is 2.22. The van der Waals surface area contributed by atoms with Crippen LogP contribution in [-0.4, -0.2) is 66.0 Å². The lowest BCUT2D eigenvalue weighted by atomic mass is 10.0. The molecule has 1 aliphatic rings. The van der Waals surface area contributed by atoms with E-state index in [1.807, 2.05) is 26.0 Å². The molecule has 0 aromatic heterocycles. The van der Waals surface area contributed by atoms with Crippen molar-refractivity contribution in [1.82, 2.24) is 9.21 Å². The molecule has 1 amide bonds. The molecule has 8 heteroatoms. The van der Waals surface area contributed by atoms with E-state index in [1.54, 1.807) is 13.0 Å². The molecule has 1 aromatic carbocycles. The first kappa shape index (κ1) is 20.4. The van der Waals surface area contributed by atoms with E-state index in [4.69, 9.17) is 0 Å². The van der Waals surface area contributed by atoms with Crippen molar-refractivity contribution < 1.29 is 23.1 Å². The van der Waals surface area contributed by atoms with E-state index in [0.717, 1.165) is 11.1 Å². The van der Waals surface area contributed by atoms with Crippen LogP contribution >= 0.6 is 0 Å². The van der Waals surface area contributed by atoms with E-state index < -0.39 is 22.5 Å². The van der Waals surface area contributed by atoms with Crippen LogP contribution in [0.5, 0.6) is 0 Å². The fourth-order valence-corrected chi connectivity index (χ4v) is 4.38. The molecule has 1 saturated heterocycles. The molecule has 1 heterocycles. The number of nitrogens with zero attached hydrogens (tertiary/aromatic N) is 2. The van der Waals surface area contributed by atoms with Crippen LogP contribution in [0.15, 0.2) is 18.2 Å². The van der Waals surface area contributed by atoms with E-state index in [-0.39, 0.29) is 17.7 Å². The molecular weight excluding hydrogens is 356 g/mol. The number of hydrogen-bond acceptors (Lipinski definition) is 4. The van der Waals surface area contributed by atoms with Gasteiger partial charge in [-0.15, -0.1) is 0 Å². The van der Waals surface area contributed by atoms with Crippen molar-refractivity contribution in [2.75, 3.05) is 25.4 Å². The third-order valence-electron chi connectivity index (χ3n) is 4.81. The highest BCUT2D eigenvalue weighted by Gasteiger charge is 2.33. The van der Waals surface area contributed by atoms with Crippen molar-refractivity contribution in [3.05, 3.63) is 34.9 Å². The smallest absolute Gasteiger partial charge is 0.323 e. The minimum absolute atomic E-state index is 0.0396. The molecule has 26 heavy (non-hydrogen) atoms. The Balaban J connectivity index is 2.22. The van der Waals surface area contributed by atoms with Crippen LogP contribution in [0.4, 0.5) is 0 Å². The Bertz CT molecular complexity index is 783. The summed E-state index contributed by atoms with van der Waals surface area (Å²) in [4.78, 5) is 25.7. The number of aliphatic carboxylic acids is 1. The zero-order chi connectivity index (χ0) is 19.5.